The van der Waals surface area contributed by atoms with Crippen LogP contribution in [0.2, 0.25) is 0 Å². The summed E-state index contributed by atoms with van der Waals surface area (Å²) < 4.78 is 0. The van der Waals surface area contributed by atoms with Crippen molar-refractivity contribution >= 4 is 17.5 Å². The van der Waals surface area contributed by atoms with Gasteiger partial charge in [0.2, 0.25) is 0 Å². The number of fused-ring (bicyclic) bond motifs is 2. The molecule has 0 aliphatic carbocycles. The Morgan fingerprint density at radius 2 is 2.05 bits per heavy atom. The molecule has 98 valence electrons. The van der Waals surface area contributed by atoms with Crippen LogP contribution in [0.4, 0.5) is 0 Å². The quantitative estimate of drug-likeness (QED) is 0.776. The van der Waals surface area contributed by atoms with E-state index in [-0.39, 0.29) is 11.7 Å². The number of hydrogen-bond acceptors (Lipinski definition) is 4. The highest BCUT2D eigenvalue weighted by molar-refractivity contribution is 8.00. The first-order valence-electron chi connectivity index (χ1n) is 6.81. The first kappa shape index (κ1) is 12.7. The molecule has 2 aliphatic rings. The monoisotopic (exact) mass is 272 g/mol. The summed E-state index contributed by atoms with van der Waals surface area (Å²) in [4.78, 5) is 16.5. The van der Waals surface area contributed by atoms with Gasteiger partial charge in [-0.3, -0.25) is 9.78 Å². The molecular weight excluding hydrogens is 256 g/mol. The average molecular weight is 272 g/mol. The molecule has 0 saturated carbocycles. The smallest absolute Gasteiger partial charge is 0.167 e. The normalized spacial score (nSPS) is 29.5. The lowest BCUT2D eigenvalue weighted by Crippen LogP contribution is -2.33. The van der Waals surface area contributed by atoms with E-state index >= 15 is 0 Å². The predicted octanol–water partition coefficient (Wildman–Crippen LogP) is 3.20. The van der Waals surface area contributed by atoms with Crippen molar-refractivity contribution < 1.29 is 4.79 Å². The lowest BCUT2D eigenvalue weighted by Gasteiger charge is -2.37. The van der Waals surface area contributed by atoms with E-state index in [0.717, 1.165) is 12.8 Å². The zero-order valence-electron chi connectivity index (χ0n) is 10.7. The number of carbonyl (C=O) groups excluding carboxylic acids is 1. The van der Waals surface area contributed by atoms with E-state index in [9.17, 15) is 4.79 Å². The molecule has 0 spiro atoms. The molecule has 2 fully saturated rings. The predicted molar refractivity (Wildman–Crippen MR) is 75.0 cm³/mol. The summed E-state index contributed by atoms with van der Waals surface area (Å²) in [5, 5.41) is 10.2. The lowest BCUT2D eigenvalue weighted by atomic mass is 9.84. The van der Waals surface area contributed by atoms with Gasteiger partial charge >= 0.3 is 0 Å². The second-order valence-electron chi connectivity index (χ2n) is 5.42. The average Bonchev–Trinajstić information content (AvgIpc) is 2.46. The van der Waals surface area contributed by atoms with Gasteiger partial charge in [-0.2, -0.15) is 17.0 Å². The molecule has 0 aromatic carbocycles. The van der Waals surface area contributed by atoms with Crippen LogP contribution in [0.25, 0.3) is 0 Å². The Kier molecular flexibility index (Phi) is 3.56. The van der Waals surface area contributed by atoms with Crippen molar-refractivity contribution in [1.29, 1.82) is 5.26 Å². The zero-order chi connectivity index (χ0) is 13.2. The maximum atomic E-state index is 12.5. The number of rotatable bonds is 2. The first-order chi connectivity index (χ1) is 9.26. The summed E-state index contributed by atoms with van der Waals surface area (Å²) in [7, 11) is 0. The highest BCUT2D eigenvalue weighted by Crippen LogP contribution is 2.44. The van der Waals surface area contributed by atoms with Gasteiger partial charge in [-0.15, -0.1) is 0 Å². The van der Waals surface area contributed by atoms with Crippen LogP contribution < -0.4 is 0 Å². The van der Waals surface area contributed by atoms with Crippen LogP contribution in [0.1, 0.15) is 48.0 Å². The van der Waals surface area contributed by atoms with E-state index < -0.39 is 0 Å². The van der Waals surface area contributed by atoms with Crippen molar-refractivity contribution in [3.63, 3.8) is 0 Å². The van der Waals surface area contributed by atoms with Gasteiger partial charge in [0.05, 0.1) is 5.56 Å². The highest BCUT2D eigenvalue weighted by Gasteiger charge is 2.35. The van der Waals surface area contributed by atoms with E-state index in [4.69, 9.17) is 5.26 Å². The van der Waals surface area contributed by atoms with E-state index in [2.05, 4.69) is 16.7 Å². The van der Waals surface area contributed by atoms with Crippen molar-refractivity contribution in [1.82, 2.24) is 4.98 Å². The number of aromatic nitrogens is 1. The number of thioether (sulfide) groups is 1. The van der Waals surface area contributed by atoms with Crippen molar-refractivity contribution in [2.24, 2.45) is 5.92 Å². The van der Waals surface area contributed by atoms with Crippen LogP contribution in [0, 0.1) is 17.2 Å². The van der Waals surface area contributed by atoms with Crippen LogP contribution in [-0.2, 0) is 0 Å². The molecule has 0 N–H and O–H groups in total. The third-order valence-corrected chi connectivity index (χ3v) is 5.68. The summed E-state index contributed by atoms with van der Waals surface area (Å²) in [6.45, 7) is 0. The van der Waals surface area contributed by atoms with Gasteiger partial charge in [-0.1, -0.05) is 6.42 Å². The molecule has 19 heavy (non-hydrogen) atoms. The third kappa shape index (κ3) is 2.66. The van der Waals surface area contributed by atoms with Gasteiger partial charge in [-0.25, -0.2) is 0 Å². The maximum absolute atomic E-state index is 12.5. The minimum atomic E-state index is 0.132. The second kappa shape index (κ2) is 5.34. The maximum Gasteiger partial charge on any atom is 0.167 e. The number of pyridine rings is 1. The molecule has 2 saturated heterocycles. The van der Waals surface area contributed by atoms with E-state index in [1.165, 1.54) is 25.5 Å². The van der Waals surface area contributed by atoms with Crippen molar-refractivity contribution in [2.45, 2.75) is 42.6 Å². The fourth-order valence-corrected chi connectivity index (χ4v) is 4.98. The Bertz CT molecular complexity index is 525. The molecule has 3 nitrogen and oxygen atoms in total. The van der Waals surface area contributed by atoms with Crippen molar-refractivity contribution in [2.75, 3.05) is 0 Å². The summed E-state index contributed by atoms with van der Waals surface area (Å²) in [5.41, 5.74) is 1.07. The molecule has 2 unspecified atom stereocenters. The molecule has 1 aromatic rings. The Hall–Kier alpha value is -1.34. The largest absolute Gasteiger partial charge is 0.294 e. The van der Waals surface area contributed by atoms with Gasteiger partial charge in [-0.05, 0) is 31.7 Å². The first-order valence-corrected chi connectivity index (χ1v) is 7.75. The molecule has 3 rings (SSSR count). The zero-order valence-corrected chi connectivity index (χ0v) is 11.5. The minimum Gasteiger partial charge on any atom is -0.294 e. The topological polar surface area (TPSA) is 53.8 Å². The van der Waals surface area contributed by atoms with Crippen LogP contribution >= 0.6 is 11.8 Å². The van der Waals surface area contributed by atoms with Gasteiger partial charge in [0.15, 0.2) is 5.78 Å². The molecule has 2 aliphatic heterocycles. The molecule has 2 atom stereocenters. The fraction of sp³-hybridized carbons (Fsp3) is 0.533. The Labute approximate surface area is 117 Å². The van der Waals surface area contributed by atoms with Crippen molar-refractivity contribution in [3.05, 3.63) is 29.6 Å². The third-order valence-electron chi connectivity index (χ3n) is 4.05. The number of ketones is 1. The summed E-state index contributed by atoms with van der Waals surface area (Å²) >= 11 is 2.08. The van der Waals surface area contributed by atoms with E-state index in [0.29, 0.717) is 21.6 Å². The Morgan fingerprint density at radius 3 is 2.74 bits per heavy atom. The SMILES string of the molecule is N#Cc1cncc(C(=O)C2CC3CCCC(C2)S3)c1. The second-order valence-corrected chi connectivity index (χ2v) is 7.02. The van der Waals surface area contributed by atoms with E-state index in [1.807, 2.05) is 6.07 Å². The number of hydrogen-bond donors (Lipinski definition) is 0. The van der Waals surface area contributed by atoms with Crippen LogP contribution in [0.5, 0.6) is 0 Å². The van der Waals surface area contributed by atoms with Crippen LogP contribution in [-0.4, -0.2) is 21.3 Å². The number of nitrogens with zero attached hydrogens (tertiary/aromatic N) is 2. The molecule has 0 amide bonds. The molecule has 1 aromatic heterocycles. The Balaban J connectivity index is 1.78. The van der Waals surface area contributed by atoms with Gasteiger partial charge in [0, 0.05) is 34.4 Å². The standard InChI is InChI=1S/C15H16N2OS/c16-7-10-4-12(9-17-8-10)15(18)11-5-13-2-1-3-14(6-11)19-13/h4,8-9,11,13-14H,1-3,5-6H2. The fourth-order valence-electron chi connectivity index (χ4n) is 3.14. The Morgan fingerprint density at radius 1 is 1.32 bits per heavy atom. The number of Topliss-reactive ketones (excluding diaryl/α,β-unsaturated/α-hetero) is 1. The highest BCUT2D eigenvalue weighted by atomic mass is 32.2. The molecule has 0 radical (unpaired) electrons. The summed E-state index contributed by atoms with van der Waals surface area (Å²) in [6.07, 6.45) is 8.91. The van der Waals surface area contributed by atoms with Gasteiger partial charge in [0.1, 0.15) is 6.07 Å². The minimum absolute atomic E-state index is 0.132. The summed E-state index contributed by atoms with van der Waals surface area (Å²) in [5.74, 6) is 0.314. The van der Waals surface area contributed by atoms with Gasteiger partial charge in [0.25, 0.3) is 0 Å². The van der Waals surface area contributed by atoms with Crippen molar-refractivity contribution in [3.8, 4) is 6.07 Å². The number of nitriles is 1. The molecule has 4 heteroatoms. The van der Waals surface area contributed by atoms with Crippen LogP contribution in [0.3, 0.4) is 0 Å². The molecular formula is C15H16N2OS. The number of carbonyl (C=O) groups is 1. The summed E-state index contributed by atoms with van der Waals surface area (Å²) in [6, 6.07) is 3.72. The molecule has 3 heterocycles. The molecule has 2 bridgehead atoms. The van der Waals surface area contributed by atoms with E-state index in [1.54, 1.807) is 12.3 Å². The van der Waals surface area contributed by atoms with Gasteiger partial charge < -0.3 is 0 Å². The lowest BCUT2D eigenvalue weighted by molar-refractivity contribution is 0.0896. The van der Waals surface area contributed by atoms with Crippen LogP contribution in [0.15, 0.2) is 18.5 Å².